The van der Waals surface area contributed by atoms with Crippen molar-refractivity contribution in [2.24, 2.45) is 0 Å². The zero-order valence-electron chi connectivity index (χ0n) is 55.2. The largest absolute Gasteiger partial charge is 2.00 e. The van der Waals surface area contributed by atoms with Gasteiger partial charge in [0.1, 0.15) is 0 Å². The number of carbonyl (C=O) groups is 4. The van der Waals surface area contributed by atoms with E-state index in [-0.39, 0.29) is 59.2 Å². The van der Waals surface area contributed by atoms with Crippen molar-refractivity contribution < 1.29 is 73.2 Å². The van der Waals surface area contributed by atoms with Crippen LogP contribution in [0, 0.1) is 0 Å². The molecule has 8 nitrogen and oxygen atoms in total. The van der Waals surface area contributed by atoms with Gasteiger partial charge in [-0.15, -0.1) is 0 Å². The average Bonchev–Trinajstić information content (AvgIpc) is 3.43. The number of unbranched alkanes of at least 4 members (excludes halogenated alkanes) is 56. The minimum Gasteiger partial charge on any atom is -0.550 e. The molecule has 0 saturated heterocycles. The Kier molecular flexibility index (Phi) is 99.5. The van der Waals surface area contributed by atoms with E-state index >= 15 is 0 Å². The summed E-state index contributed by atoms with van der Waals surface area (Å²) in [6.45, 7) is 9.07. The Morgan fingerprint density at radius 2 is 0.232 bits per heavy atom. The van der Waals surface area contributed by atoms with Crippen LogP contribution in [-0.4, -0.2) is 23.9 Å². The first-order valence-corrected chi connectivity index (χ1v) is 35.9. The van der Waals surface area contributed by atoms with Crippen LogP contribution < -0.4 is 20.4 Å². The molecule has 0 amide bonds. The molecule has 0 unspecified atom stereocenters. The van der Waals surface area contributed by atoms with E-state index in [1.165, 1.54) is 334 Å². The first kappa shape index (κ1) is 92.1. The molecule has 494 valence electrons. The van der Waals surface area contributed by atoms with Gasteiger partial charge in [0.2, 0.25) is 0 Å². The SMILES string of the molecule is CCCCCCCCCCCCCCCCCC(=O)[O-].CCCCCCCCCCCCCCCCCC(=O)[O-].CCCCCCCCCCCCCCCCCC(=O)[O-].CCCCCCCCCCCCCCCCCC(=O)[O-].[Co+2].[Co+2]. The van der Waals surface area contributed by atoms with Crippen molar-refractivity contribution >= 4 is 23.9 Å². The molecule has 0 N–H and O–H groups in total. The molecule has 82 heavy (non-hydrogen) atoms. The van der Waals surface area contributed by atoms with Crippen LogP contribution in [0.25, 0.3) is 0 Å². The van der Waals surface area contributed by atoms with E-state index in [1.54, 1.807) is 0 Å². The van der Waals surface area contributed by atoms with Crippen LogP contribution in [0.15, 0.2) is 0 Å². The molecule has 0 aromatic carbocycles. The van der Waals surface area contributed by atoms with Crippen LogP contribution >= 0.6 is 0 Å². The normalized spacial score (nSPS) is 10.6. The summed E-state index contributed by atoms with van der Waals surface area (Å²) in [5.74, 6) is -3.61. The van der Waals surface area contributed by atoms with Gasteiger partial charge in [-0.2, -0.15) is 0 Å². The van der Waals surface area contributed by atoms with Gasteiger partial charge in [-0.3, -0.25) is 0 Å². The Balaban J connectivity index is -0.000000233. The Labute approximate surface area is 532 Å². The second-order valence-corrected chi connectivity index (χ2v) is 24.3. The molecule has 0 aromatic heterocycles. The maximum absolute atomic E-state index is 10.2. The number of hydrogen-bond donors (Lipinski definition) is 0. The summed E-state index contributed by atoms with van der Waals surface area (Å²) in [4.78, 5) is 40.9. The third kappa shape index (κ3) is 107. The molecule has 0 saturated carbocycles. The van der Waals surface area contributed by atoms with Gasteiger partial charge in [0.05, 0.1) is 0 Å². The summed E-state index contributed by atoms with van der Waals surface area (Å²) in [6.07, 6.45) is 79.4. The number of carboxylic acid groups (broad SMARTS) is 4. The summed E-state index contributed by atoms with van der Waals surface area (Å²) in [5, 5.41) is 40.9. The van der Waals surface area contributed by atoms with Crippen molar-refractivity contribution in [2.45, 2.75) is 439 Å². The maximum Gasteiger partial charge on any atom is 2.00 e. The third-order valence-electron chi connectivity index (χ3n) is 15.9. The first-order valence-electron chi connectivity index (χ1n) is 35.9. The fraction of sp³-hybridized carbons (Fsp3) is 0.944. The van der Waals surface area contributed by atoms with Gasteiger partial charge >= 0.3 is 33.6 Å². The van der Waals surface area contributed by atoms with Gasteiger partial charge in [0, 0.05) is 23.9 Å². The van der Waals surface area contributed by atoms with E-state index in [1.807, 2.05) is 0 Å². The van der Waals surface area contributed by atoms with Gasteiger partial charge in [0.25, 0.3) is 0 Å². The molecular formula is C72H140Co2O8. The molecule has 0 aliphatic rings. The Bertz CT molecular complexity index is 996. The number of rotatable bonds is 64. The van der Waals surface area contributed by atoms with Gasteiger partial charge < -0.3 is 39.6 Å². The molecule has 0 aliphatic carbocycles. The molecule has 0 spiro atoms. The molecule has 0 heterocycles. The van der Waals surface area contributed by atoms with Crippen LogP contribution in [0.5, 0.6) is 0 Å². The van der Waals surface area contributed by atoms with Crippen LogP contribution in [-0.2, 0) is 52.7 Å². The van der Waals surface area contributed by atoms with Crippen molar-refractivity contribution in [3.63, 3.8) is 0 Å². The van der Waals surface area contributed by atoms with E-state index in [0.717, 1.165) is 51.4 Å². The summed E-state index contributed by atoms with van der Waals surface area (Å²) in [5.41, 5.74) is 0. The summed E-state index contributed by atoms with van der Waals surface area (Å²) >= 11 is 0. The van der Waals surface area contributed by atoms with Gasteiger partial charge in [-0.1, -0.05) is 387 Å². The fourth-order valence-electron chi connectivity index (χ4n) is 10.6. The van der Waals surface area contributed by atoms with Crippen LogP contribution in [0.2, 0.25) is 0 Å². The van der Waals surface area contributed by atoms with Crippen molar-refractivity contribution in [1.82, 2.24) is 0 Å². The van der Waals surface area contributed by atoms with Crippen molar-refractivity contribution in [3.8, 4) is 0 Å². The van der Waals surface area contributed by atoms with Crippen molar-refractivity contribution in [1.29, 1.82) is 0 Å². The zero-order valence-corrected chi connectivity index (χ0v) is 57.3. The number of hydrogen-bond acceptors (Lipinski definition) is 8. The van der Waals surface area contributed by atoms with Crippen LogP contribution in [0.1, 0.15) is 439 Å². The van der Waals surface area contributed by atoms with Gasteiger partial charge in [-0.05, 0) is 51.4 Å². The molecule has 0 aromatic rings. The van der Waals surface area contributed by atoms with Gasteiger partial charge in [-0.25, -0.2) is 0 Å². The predicted molar refractivity (Wildman–Crippen MR) is 338 cm³/mol. The average molecular weight is 1250 g/mol. The van der Waals surface area contributed by atoms with E-state index in [2.05, 4.69) is 27.7 Å². The molecule has 0 aliphatic heterocycles. The molecular weight excluding hydrogens is 1110 g/mol. The quantitative estimate of drug-likeness (QED) is 0.0544. The molecule has 10 heteroatoms. The summed E-state index contributed by atoms with van der Waals surface area (Å²) in [7, 11) is 0. The Morgan fingerprint density at radius 1 is 0.159 bits per heavy atom. The van der Waals surface area contributed by atoms with Crippen molar-refractivity contribution in [3.05, 3.63) is 0 Å². The van der Waals surface area contributed by atoms with Gasteiger partial charge in [0.15, 0.2) is 0 Å². The smallest absolute Gasteiger partial charge is 0.550 e. The van der Waals surface area contributed by atoms with Crippen molar-refractivity contribution in [2.75, 3.05) is 0 Å². The predicted octanol–water partition coefficient (Wildman–Crippen LogP) is 20.0. The number of carbonyl (C=O) groups excluding carboxylic acids is 4. The molecule has 0 atom stereocenters. The third-order valence-corrected chi connectivity index (χ3v) is 15.9. The molecule has 0 bridgehead atoms. The second-order valence-electron chi connectivity index (χ2n) is 24.3. The summed E-state index contributed by atoms with van der Waals surface area (Å²) < 4.78 is 0. The first-order chi connectivity index (χ1) is 39.1. The zero-order chi connectivity index (χ0) is 59.6. The fourth-order valence-corrected chi connectivity index (χ4v) is 10.6. The second kappa shape index (κ2) is 88.7. The Morgan fingerprint density at radius 3 is 0.305 bits per heavy atom. The van der Waals surface area contributed by atoms with Crippen LogP contribution in [0.4, 0.5) is 0 Å². The minimum absolute atomic E-state index is 0. The van der Waals surface area contributed by atoms with E-state index < -0.39 is 23.9 Å². The number of carboxylic acids is 4. The minimum atomic E-state index is -0.903. The van der Waals surface area contributed by atoms with E-state index in [9.17, 15) is 39.6 Å². The van der Waals surface area contributed by atoms with E-state index in [0.29, 0.717) is 0 Å². The monoisotopic (exact) mass is 1250 g/mol. The maximum atomic E-state index is 10.2. The summed E-state index contributed by atoms with van der Waals surface area (Å²) in [6, 6.07) is 0. The standard InChI is InChI=1S/4C18H36O2.2Co/c4*1-2-3-4-5-6-7-8-9-10-11-12-13-14-15-16-17-18(19)20;;/h4*2-17H2,1H3,(H,19,20);;/q;;;;2*+2/p-4. The van der Waals surface area contributed by atoms with Crippen LogP contribution in [0.3, 0.4) is 0 Å². The molecule has 0 rings (SSSR count). The molecule has 0 fully saturated rings. The number of aliphatic carboxylic acids is 4. The molecule has 2 radical (unpaired) electrons. The van der Waals surface area contributed by atoms with E-state index in [4.69, 9.17) is 0 Å². The topological polar surface area (TPSA) is 161 Å². The Hall–Kier alpha value is -1.11.